The molecule has 0 fully saturated rings. The van der Waals surface area contributed by atoms with Crippen LogP contribution in [0.25, 0.3) is 22.3 Å². The molecule has 160 valence electrons. The lowest BCUT2D eigenvalue weighted by molar-refractivity contribution is -0.172. The molecule has 3 aromatic rings. The molecule has 31 heavy (non-hydrogen) atoms. The summed E-state index contributed by atoms with van der Waals surface area (Å²) >= 11 is 0. The molecule has 0 amide bonds. The third kappa shape index (κ3) is 2.61. The van der Waals surface area contributed by atoms with E-state index in [1.807, 2.05) is 0 Å². The van der Waals surface area contributed by atoms with Gasteiger partial charge in [-0.25, -0.2) is 14.2 Å². The van der Waals surface area contributed by atoms with Gasteiger partial charge in [0, 0.05) is 10.9 Å². The van der Waals surface area contributed by atoms with Gasteiger partial charge in [-0.2, -0.15) is 0 Å². The Labute approximate surface area is 179 Å². The number of aliphatic hydroxyl groups is 1. The van der Waals surface area contributed by atoms with E-state index >= 15 is 0 Å². The van der Waals surface area contributed by atoms with Crippen LogP contribution < -0.4 is 10.7 Å². The van der Waals surface area contributed by atoms with Crippen molar-refractivity contribution in [1.82, 2.24) is 9.55 Å². The number of benzene rings is 1. The second kappa shape index (κ2) is 6.33. The van der Waals surface area contributed by atoms with Gasteiger partial charge in [-0.15, -0.1) is 0 Å². The van der Waals surface area contributed by atoms with Gasteiger partial charge in [0.15, 0.2) is 5.60 Å². The van der Waals surface area contributed by atoms with Gasteiger partial charge < -0.3 is 14.4 Å². The number of fused-ring (bicyclic) bond motifs is 5. The first kappa shape index (κ1) is 20.1. The van der Waals surface area contributed by atoms with Crippen molar-refractivity contribution in [3.05, 3.63) is 57.1 Å². The van der Waals surface area contributed by atoms with Crippen LogP contribution in [0, 0.1) is 5.82 Å². The van der Waals surface area contributed by atoms with Gasteiger partial charge in [-0.1, -0.05) is 32.6 Å². The third-order valence-electron chi connectivity index (χ3n) is 6.41. The van der Waals surface area contributed by atoms with Crippen LogP contribution in [0.2, 0.25) is 19.6 Å². The fourth-order valence-corrected chi connectivity index (χ4v) is 7.02. The zero-order valence-electron chi connectivity index (χ0n) is 17.9. The minimum atomic E-state index is -2.04. The predicted octanol–water partition coefficient (Wildman–Crippen LogP) is 2.76. The molecule has 8 heteroatoms. The van der Waals surface area contributed by atoms with Crippen LogP contribution in [-0.2, 0) is 28.3 Å². The number of aromatic nitrogens is 2. The van der Waals surface area contributed by atoms with Gasteiger partial charge in [0.25, 0.3) is 5.56 Å². The van der Waals surface area contributed by atoms with Gasteiger partial charge in [0.1, 0.15) is 12.4 Å². The standard InChI is InChI=1S/C23H23FN2O4Si/c1-5-23(29)14-9-17-19-12(10-26(17)21(27)13(14)11-30-22(23)28)20(31(2,3)4)18-15(24)7-6-8-16(18)25-19/h6-9,29H,5,10-11H2,1-4H3/t23-/m0/s1. The molecule has 0 saturated heterocycles. The van der Waals surface area contributed by atoms with E-state index in [0.29, 0.717) is 22.3 Å². The van der Waals surface area contributed by atoms with Gasteiger partial charge in [-0.3, -0.25) is 4.79 Å². The summed E-state index contributed by atoms with van der Waals surface area (Å²) in [5, 5.41) is 12.5. The normalized spacial score (nSPS) is 19.7. The van der Waals surface area contributed by atoms with Gasteiger partial charge in [0.2, 0.25) is 0 Å². The Kier molecular flexibility index (Phi) is 4.10. The molecular weight excluding hydrogens is 415 g/mol. The second-order valence-electron chi connectivity index (χ2n) is 9.30. The van der Waals surface area contributed by atoms with E-state index in [4.69, 9.17) is 9.72 Å². The summed E-state index contributed by atoms with van der Waals surface area (Å²) in [4.78, 5) is 30.4. The predicted molar refractivity (Wildman–Crippen MR) is 117 cm³/mol. The Morgan fingerprint density at radius 1 is 1.26 bits per heavy atom. The summed E-state index contributed by atoms with van der Waals surface area (Å²) in [6, 6.07) is 6.54. The number of carbonyl (C=O) groups excluding carboxylic acids is 1. The minimum absolute atomic E-state index is 0.0884. The average Bonchev–Trinajstić information content (AvgIpc) is 3.07. The molecule has 0 aliphatic carbocycles. The summed E-state index contributed by atoms with van der Waals surface area (Å²) in [5.74, 6) is -1.06. The first-order valence-corrected chi connectivity index (χ1v) is 13.9. The fourth-order valence-electron chi connectivity index (χ4n) is 4.92. The molecule has 2 aliphatic rings. The fraction of sp³-hybridized carbons (Fsp3) is 0.348. The lowest BCUT2D eigenvalue weighted by Crippen LogP contribution is -2.44. The molecule has 1 atom stereocenters. The molecule has 2 aliphatic heterocycles. The summed E-state index contributed by atoms with van der Waals surface area (Å²) in [6.45, 7) is 8.23. The van der Waals surface area contributed by atoms with E-state index in [1.54, 1.807) is 29.7 Å². The Morgan fingerprint density at radius 3 is 2.68 bits per heavy atom. The van der Waals surface area contributed by atoms with Crippen molar-refractivity contribution in [2.45, 2.75) is 51.7 Å². The number of rotatable bonds is 2. The monoisotopic (exact) mass is 438 g/mol. The van der Waals surface area contributed by atoms with Gasteiger partial charge in [-0.05, 0) is 35.4 Å². The highest BCUT2D eigenvalue weighted by Crippen LogP contribution is 2.39. The maximum atomic E-state index is 14.9. The lowest BCUT2D eigenvalue weighted by atomic mass is 9.86. The smallest absolute Gasteiger partial charge is 0.343 e. The van der Waals surface area contributed by atoms with Crippen LogP contribution in [-0.4, -0.2) is 28.7 Å². The van der Waals surface area contributed by atoms with E-state index in [1.165, 1.54) is 6.07 Å². The Bertz CT molecular complexity index is 1360. The number of cyclic esters (lactones) is 1. The van der Waals surface area contributed by atoms with E-state index in [9.17, 15) is 19.1 Å². The molecule has 0 bridgehead atoms. The Morgan fingerprint density at radius 2 is 2.00 bits per heavy atom. The van der Waals surface area contributed by atoms with Crippen LogP contribution in [0.3, 0.4) is 0 Å². The zero-order chi connectivity index (χ0) is 22.3. The zero-order valence-corrected chi connectivity index (χ0v) is 18.9. The minimum Gasteiger partial charge on any atom is -0.458 e. The number of ether oxygens (including phenoxy) is 1. The van der Waals surface area contributed by atoms with Crippen LogP contribution in [0.4, 0.5) is 4.39 Å². The SMILES string of the molecule is CC[C@@]1(O)C(=O)OCc2c1cc1n(c2=O)Cc2c-1nc1cccc(F)c1c2[Si](C)(C)C. The van der Waals surface area contributed by atoms with Crippen LogP contribution in [0.5, 0.6) is 0 Å². The number of nitrogens with zero attached hydrogens (tertiary/aromatic N) is 2. The topological polar surface area (TPSA) is 81.4 Å². The molecule has 1 aromatic carbocycles. The molecular formula is C23H23FN2O4Si. The molecule has 6 nitrogen and oxygen atoms in total. The van der Waals surface area contributed by atoms with Crippen molar-refractivity contribution in [2.24, 2.45) is 0 Å². The quantitative estimate of drug-likeness (QED) is 0.385. The molecule has 1 N–H and O–H groups in total. The maximum absolute atomic E-state index is 14.9. The maximum Gasteiger partial charge on any atom is 0.343 e. The van der Waals surface area contributed by atoms with Crippen molar-refractivity contribution in [3.63, 3.8) is 0 Å². The lowest BCUT2D eigenvalue weighted by Gasteiger charge is -2.31. The number of pyridine rings is 2. The Balaban J connectivity index is 1.89. The van der Waals surface area contributed by atoms with Crippen molar-refractivity contribution in [1.29, 1.82) is 0 Å². The number of hydrogen-bond donors (Lipinski definition) is 1. The highest BCUT2D eigenvalue weighted by atomic mass is 28.3. The van der Waals surface area contributed by atoms with Crippen LogP contribution in [0.15, 0.2) is 29.1 Å². The number of hydrogen-bond acceptors (Lipinski definition) is 5. The highest BCUT2D eigenvalue weighted by Gasteiger charge is 2.45. The van der Waals surface area contributed by atoms with Crippen molar-refractivity contribution in [2.75, 3.05) is 0 Å². The molecule has 0 spiro atoms. The highest BCUT2D eigenvalue weighted by molar-refractivity contribution is 6.90. The second-order valence-corrected chi connectivity index (χ2v) is 14.3. The Hall–Kier alpha value is -2.84. The number of carbonyl (C=O) groups is 1. The van der Waals surface area contributed by atoms with E-state index < -0.39 is 19.6 Å². The van der Waals surface area contributed by atoms with Crippen molar-refractivity contribution >= 4 is 30.1 Å². The summed E-state index contributed by atoms with van der Waals surface area (Å²) in [5.41, 5.74) is 0.949. The van der Waals surface area contributed by atoms with E-state index in [0.717, 1.165) is 10.8 Å². The van der Waals surface area contributed by atoms with E-state index in [-0.39, 0.29) is 42.1 Å². The summed E-state index contributed by atoms with van der Waals surface area (Å²) in [7, 11) is -2.04. The van der Waals surface area contributed by atoms with Crippen molar-refractivity contribution in [3.8, 4) is 11.4 Å². The third-order valence-corrected chi connectivity index (χ3v) is 8.46. The van der Waals surface area contributed by atoms with Crippen molar-refractivity contribution < 1.29 is 19.0 Å². The van der Waals surface area contributed by atoms with Crippen LogP contribution >= 0.6 is 0 Å². The van der Waals surface area contributed by atoms with Crippen LogP contribution in [0.1, 0.15) is 30.0 Å². The molecule has 5 rings (SSSR count). The number of halogens is 1. The molecule has 2 aromatic heterocycles. The van der Waals surface area contributed by atoms with Gasteiger partial charge >= 0.3 is 5.97 Å². The first-order chi connectivity index (χ1) is 14.6. The molecule has 0 saturated carbocycles. The molecule has 4 heterocycles. The number of esters is 1. The van der Waals surface area contributed by atoms with E-state index in [2.05, 4.69) is 19.6 Å². The van der Waals surface area contributed by atoms with Gasteiger partial charge in [0.05, 0.1) is 37.1 Å². The molecule has 0 unspecified atom stereocenters. The average molecular weight is 439 g/mol. The first-order valence-electron chi connectivity index (χ1n) is 10.4. The summed E-state index contributed by atoms with van der Waals surface area (Å²) < 4.78 is 21.6. The summed E-state index contributed by atoms with van der Waals surface area (Å²) in [6.07, 6.45) is 0.0884. The molecule has 0 radical (unpaired) electrons. The largest absolute Gasteiger partial charge is 0.458 e.